The Morgan fingerprint density at radius 3 is 2.67 bits per heavy atom. The molecule has 1 aromatic rings. The van der Waals surface area contributed by atoms with Crippen LogP contribution in [0.1, 0.15) is 11.1 Å². The van der Waals surface area contributed by atoms with Crippen molar-refractivity contribution in [2.45, 2.75) is 10.6 Å². The van der Waals surface area contributed by atoms with Crippen molar-refractivity contribution in [2.75, 3.05) is 5.43 Å². The summed E-state index contributed by atoms with van der Waals surface area (Å²) in [6.45, 7) is 0. The molecular weight excluding hydrogens is 381 g/mol. The maximum absolute atomic E-state index is 12.6. The first-order chi connectivity index (χ1) is 8.40. The number of halogens is 5. The predicted molar refractivity (Wildman–Crippen MR) is 71.9 cm³/mol. The molecule has 0 saturated heterocycles. The van der Waals surface area contributed by atoms with Gasteiger partial charge in [0, 0.05) is 4.43 Å². The third-order valence-corrected chi connectivity index (χ3v) is 3.06. The number of nitrogens with zero attached hydrogens (tertiary/aromatic N) is 2. The lowest BCUT2D eigenvalue weighted by Crippen LogP contribution is -2.07. The molecule has 96 valence electrons. The lowest BCUT2D eigenvalue weighted by molar-refractivity contribution is -0.137. The van der Waals surface area contributed by atoms with Crippen molar-refractivity contribution in [3.8, 4) is 6.07 Å². The Kier molecular flexibility index (Phi) is 5.22. The van der Waals surface area contributed by atoms with E-state index in [0.717, 1.165) is 18.3 Å². The van der Waals surface area contributed by atoms with Crippen molar-refractivity contribution in [1.82, 2.24) is 0 Å². The highest BCUT2D eigenvalue weighted by Gasteiger charge is 2.31. The topological polar surface area (TPSA) is 48.2 Å². The van der Waals surface area contributed by atoms with Gasteiger partial charge in [0.25, 0.3) is 0 Å². The normalized spacial score (nSPS) is 11.6. The zero-order valence-corrected chi connectivity index (χ0v) is 11.6. The van der Waals surface area contributed by atoms with Crippen LogP contribution in [0.2, 0.25) is 5.02 Å². The molecule has 0 saturated carbocycles. The van der Waals surface area contributed by atoms with Gasteiger partial charge in [-0.05, 0) is 17.7 Å². The molecule has 0 fully saturated rings. The van der Waals surface area contributed by atoms with Crippen LogP contribution in [0, 0.1) is 11.3 Å². The molecule has 0 aliphatic rings. The summed E-state index contributed by atoms with van der Waals surface area (Å²) in [5.41, 5.74) is 2.28. The molecule has 0 aliphatic heterocycles. The van der Waals surface area contributed by atoms with E-state index in [1.165, 1.54) is 0 Å². The van der Waals surface area contributed by atoms with Crippen LogP contribution in [0.5, 0.6) is 0 Å². The van der Waals surface area contributed by atoms with Crippen molar-refractivity contribution in [3.63, 3.8) is 0 Å². The van der Waals surface area contributed by atoms with Gasteiger partial charge in [-0.15, -0.1) is 0 Å². The largest absolute Gasteiger partial charge is 0.416 e. The van der Waals surface area contributed by atoms with Gasteiger partial charge in [0.15, 0.2) is 0 Å². The Bertz CT molecular complexity index is 508. The van der Waals surface area contributed by atoms with Crippen LogP contribution >= 0.6 is 34.2 Å². The smallest absolute Gasteiger partial charge is 0.276 e. The van der Waals surface area contributed by atoms with Crippen LogP contribution in [-0.4, -0.2) is 6.21 Å². The molecule has 3 nitrogen and oxygen atoms in total. The Labute approximate surface area is 120 Å². The number of hydrogen-bond donors (Lipinski definition) is 1. The summed E-state index contributed by atoms with van der Waals surface area (Å²) in [5.74, 6) is 0. The van der Waals surface area contributed by atoms with Crippen LogP contribution < -0.4 is 5.43 Å². The van der Waals surface area contributed by atoms with E-state index < -0.39 is 11.7 Å². The molecule has 0 spiro atoms. The molecular formula is C10H6ClF3IN3. The average molecular weight is 388 g/mol. The highest BCUT2D eigenvalue weighted by atomic mass is 127. The van der Waals surface area contributed by atoms with E-state index in [1.807, 2.05) is 22.6 Å². The maximum atomic E-state index is 12.6. The second-order valence-corrected chi connectivity index (χ2v) is 4.29. The molecule has 0 aliphatic carbocycles. The fourth-order valence-corrected chi connectivity index (χ4v) is 2.07. The van der Waals surface area contributed by atoms with Crippen molar-refractivity contribution in [2.24, 2.45) is 5.10 Å². The SMILES string of the molecule is N#CC=NNc1c(Cl)cc(C(F)(F)F)cc1CI. The molecule has 0 bridgehead atoms. The summed E-state index contributed by atoms with van der Waals surface area (Å²) >= 11 is 7.69. The highest BCUT2D eigenvalue weighted by Crippen LogP contribution is 2.37. The Balaban J connectivity index is 3.21. The molecule has 18 heavy (non-hydrogen) atoms. The molecule has 0 aromatic heterocycles. The standard InChI is InChI=1S/C10H6ClF3IN3/c11-8-4-7(10(12,13)14)3-6(5-15)9(8)18-17-2-1-16/h2-4,18H,5H2. The fraction of sp³-hybridized carbons (Fsp3) is 0.200. The summed E-state index contributed by atoms with van der Waals surface area (Å²) in [4.78, 5) is 0. The third kappa shape index (κ3) is 3.74. The first kappa shape index (κ1) is 15.0. The number of alkyl halides is 4. The first-order valence-electron chi connectivity index (χ1n) is 4.53. The van der Waals surface area contributed by atoms with Gasteiger partial charge in [0.05, 0.1) is 16.3 Å². The molecule has 0 atom stereocenters. The van der Waals surface area contributed by atoms with Gasteiger partial charge in [0.2, 0.25) is 0 Å². The summed E-state index contributed by atoms with van der Waals surface area (Å²) in [6, 6.07) is 3.47. The zero-order chi connectivity index (χ0) is 13.8. The first-order valence-corrected chi connectivity index (χ1v) is 6.43. The Morgan fingerprint density at radius 2 is 2.17 bits per heavy atom. The van der Waals surface area contributed by atoms with Crippen molar-refractivity contribution in [3.05, 3.63) is 28.3 Å². The Morgan fingerprint density at radius 1 is 1.50 bits per heavy atom. The van der Waals surface area contributed by atoms with Crippen LogP contribution in [-0.2, 0) is 10.6 Å². The van der Waals surface area contributed by atoms with Crippen LogP contribution in [0.25, 0.3) is 0 Å². The zero-order valence-electron chi connectivity index (χ0n) is 8.72. The quantitative estimate of drug-likeness (QED) is 0.365. The monoisotopic (exact) mass is 387 g/mol. The molecule has 0 unspecified atom stereocenters. The van der Waals surface area contributed by atoms with Crippen molar-refractivity contribution < 1.29 is 13.2 Å². The molecule has 1 rings (SSSR count). The summed E-state index contributed by atoms with van der Waals surface area (Å²) in [7, 11) is 0. The predicted octanol–water partition coefficient (Wildman–Crippen LogP) is 4.22. The number of hydrogen-bond acceptors (Lipinski definition) is 3. The second-order valence-electron chi connectivity index (χ2n) is 3.12. The average Bonchev–Trinajstić information content (AvgIpc) is 2.29. The number of rotatable bonds is 3. The third-order valence-electron chi connectivity index (χ3n) is 1.94. The minimum absolute atomic E-state index is 0.0911. The van der Waals surface area contributed by atoms with Crippen LogP contribution in [0.3, 0.4) is 0 Å². The van der Waals surface area contributed by atoms with E-state index in [4.69, 9.17) is 16.9 Å². The Hall–Kier alpha value is -1.01. The molecule has 1 N–H and O–H groups in total. The van der Waals surface area contributed by atoms with Gasteiger partial charge in [-0.2, -0.15) is 23.5 Å². The highest BCUT2D eigenvalue weighted by molar-refractivity contribution is 14.1. The van der Waals surface area contributed by atoms with E-state index in [-0.39, 0.29) is 10.7 Å². The number of nitrogens with one attached hydrogen (secondary N) is 1. The minimum Gasteiger partial charge on any atom is -0.276 e. The van der Waals surface area contributed by atoms with E-state index >= 15 is 0 Å². The molecule has 0 heterocycles. The van der Waals surface area contributed by atoms with Gasteiger partial charge >= 0.3 is 6.18 Å². The second kappa shape index (κ2) is 6.24. The summed E-state index contributed by atoms with van der Waals surface area (Å²) in [5, 5.41) is 11.7. The van der Waals surface area contributed by atoms with Crippen molar-refractivity contribution >= 4 is 46.1 Å². The molecule has 1 aromatic carbocycles. The fourth-order valence-electron chi connectivity index (χ4n) is 1.18. The van der Waals surface area contributed by atoms with Gasteiger partial charge < -0.3 is 0 Å². The number of benzene rings is 1. The lowest BCUT2D eigenvalue weighted by Gasteiger charge is -2.13. The van der Waals surface area contributed by atoms with Crippen LogP contribution in [0.15, 0.2) is 17.2 Å². The van der Waals surface area contributed by atoms with Gasteiger partial charge in [-0.1, -0.05) is 34.2 Å². The van der Waals surface area contributed by atoms with E-state index in [0.29, 0.717) is 9.99 Å². The van der Waals surface area contributed by atoms with Gasteiger partial charge in [-0.25, -0.2) is 0 Å². The number of hydrazone groups is 1. The molecule has 0 radical (unpaired) electrons. The lowest BCUT2D eigenvalue weighted by atomic mass is 10.1. The van der Waals surface area contributed by atoms with E-state index in [9.17, 15) is 13.2 Å². The summed E-state index contributed by atoms with van der Waals surface area (Å²) in [6.07, 6.45) is -3.52. The van der Waals surface area contributed by atoms with Crippen molar-refractivity contribution in [1.29, 1.82) is 5.26 Å². The number of anilines is 1. The summed E-state index contributed by atoms with van der Waals surface area (Å²) < 4.78 is 38.0. The molecule has 0 amide bonds. The van der Waals surface area contributed by atoms with Gasteiger partial charge in [-0.3, -0.25) is 5.43 Å². The van der Waals surface area contributed by atoms with E-state index in [2.05, 4.69) is 10.5 Å². The number of nitriles is 1. The van der Waals surface area contributed by atoms with Crippen LogP contribution in [0.4, 0.5) is 18.9 Å². The van der Waals surface area contributed by atoms with E-state index in [1.54, 1.807) is 6.07 Å². The van der Waals surface area contributed by atoms with Gasteiger partial charge in [0.1, 0.15) is 12.3 Å². The molecule has 8 heteroatoms. The minimum atomic E-state index is -4.45. The maximum Gasteiger partial charge on any atom is 0.416 e.